The second-order valence-electron chi connectivity index (χ2n) is 3.72. The third-order valence-corrected chi connectivity index (χ3v) is 2.31. The second kappa shape index (κ2) is 4.69. The van der Waals surface area contributed by atoms with Crippen molar-refractivity contribution in [1.29, 1.82) is 0 Å². The summed E-state index contributed by atoms with van der Waals surface area (Å²) in [6, 6.07) is 10.8. The first-order valence-electron chi connectivity index (χ1n) is 5.19. The van der Waals surface area contributed by atoms with Gasteiger partial charge >= 0.3 is 5.88 Å². The molecule has 0 atom stereocenters. The van der Waals surface area contributed by atoms with E-state index in [0.717, 1.165) is 11.3 Å². The Kier molecular flexibility index (Phi) is 3.09. The minimum absolute atomic E-state index is 0.231. The van der Waals surface area contributed by atoms with Gasteiger partial charge in [0.05, 0.1) is 12.6 Å². The third kappa shape index (κ3) is 2.84. The molecule has 0 saturated carbocycles. The van der Waals surface area contributed by atoms with Crippen LogP contribution in [0.15, 0.2) is 40.8 Å². The van der Waals surface area contributed by atoms with Crippen LogP contribution in [0.5, 0.6) is 0 Å². The first-order chi connectivity index (χ1) is 8.15. The Hall–Kier alpha value is -2.30. The zero-order valence-electron chi connectivity index (χ0n) is 9.34. The molecule has 0 aliphatic rings. The van der Waals surface area contributed by atoms with Crippen molar-refractivity contribution in [2.24, 2.45) is 0 Å². The number of benzene rings is 1. The summed E-state index contributed by atoms with van der Waals surface area (Å²) in [5.74, 6) is 0.309. The highest BCUT2D eigenvalue weighted by Gasteiger charge is 2.11. The number of anilines is 1. The molecule has 2 aromatic rings. The van der Waals surface area contributed by atoms with Crippen LogP contribution in [0.4, 0.5) is 11.6 Å². The Labute approximate surface area is 98.2 Å². The second-order valence-corrected chi connectivity index (χ2v) is 3.72. The number of nitro groups is 1. The van der Waals surface area contributed by atoms with Gasteiger partial charge in [0, 0.05) is 5.69 Å². The van der Waals surface area contributed by atoms with E-state index in [0.29, 0.717) is 12.3 Å². The third-order valence-electron chi connectivity index (χ3n) is 2.31. The molecule has 17 heavy (non-hydrogen) atoms. The maximum atomic E-state index is 10.4. The smallest absolute Gasteiger partial charge is 0.404 e. The quantitative estimate of drug-likeness (QED) is 0.649. The predicted molar refractivity (Wildman–Crippen MR) is 63.9 cm³/mol. The molecule has 1 aromatic carbocycles. The van der Waals surface area contributed by atoms with Crippen LogP contribution >= 0.6 is 0 Å². The topological polar surface area (TPSA) is 68.3 Å². The molecule has 0 aliphatic heterocycles. The summed E-state index contributed by atoms with van der Waals surface area (Å²) in [4.78, 5) is 9.88. The zero-order chi connectivity index (χ0) is 12.3. The van der Waals surface area contributed by atoms with Crippen LogP contribution in [0.2, 0.25) is 0 Å². The van der Waals surface area contributed by atoms with Gasteiger partial charge in [0.15, 0.2) is 0 Å². The summed E-state index contributed by atoms with van der Waals surface area (Å²) in [6.07, 6.45) is 0. The highest BCUT2D eigenvalue weighted by Crippen LogP contribution is 2.17. The van der Waals surface area contributed by atoms with Crippen molar-refractivity contribution in [2.75, 3.05) is 5.32 Å². The SMILES string of the molecule is Cc1cccc(NCc2ccc([N+](=O)[O-])o2)c1. The molecule has 0 aliphatic carbocycles. The Morgan fingerprint density at radius 3 is 2.82 bits per heavy atom. The molecular weight excluding hydrogens is 220 g/mol. The van der Waals surface area contributed by atoms with Crippen molar-refractivity contribution in [3.05, 3.63) is 57.8 Å². The number of furan rings is 1. The van der Waals surface area contributed by atoms with E-state index >= 15 is 0 Å². The summed E-state index contributed by atoms with van der Waals surface area (Å²) >= 11 is 0. The largest absolute Gasteiger partial charge is 0.433 e. The van der Waals surface area contributed by atoms with Crippen molar-refractivity contribution < 1.29 is 9.34 Å². The fourth-order valence-corrected chi connectivity index (χ4v) is 1.50. The lowest BCUT2D eigenvalue weighted by atomic mass is 10.2. The Bertz CT molecular complexity index is 534. The summed E-state index contributed by atoms with van der Waals surface area (Å²) in [7, 11) is 0. The number of rotatable bonds is 4. The fourth-order valence-electron chi connectivity index (χ4n) is 1.50. The minimum atomic E-state index is -0.545. The molecule has 0 bridgehead atoms. The van der Waals surface area contributed by atoms with Crippen molar-refractivity contribution in [3.63, 3.8) is 0 Å². The van der Waals surface area contributed by atoms with Gasteiger partial charge in [-0.3, -0.25) is 10.1 Å². The van der Waals surface area contributed by atoms with E-state index in [1.807, 2.05) is 31.2 Å². The Balaban J connectivity index is 2.00. The molecule has 0 amide bonds. The van der Waals surface area contributed by atoms with E-state index in [9.17, 15) is 10.1 Å². The lowest BCUT2D eigenvalue weighted by Crippen LogP contribution is -1.98. The summed E-state index contributed by atoms with van der Waals surface area (Å²) in [6.45, 7) is 2.43. The normalized spacial score (nSPS) is 10.2. The van der Waals surface area contributed by atoms with E-state index in [4.69, 9.17) is 4.42 Å². The monoisotopic (exact) mass is 232 g/mol. The first-order valence-corrected chi connectivity index (χ1v) is 5.19. The highest BCUT2D eigenvalue weighted by atomic mass is 16.6. The zero-order valence-corrected chi connectivity index (χ0v) is 9.34. The van der Waals surface area contributed by atoms with Crippen LogP contribution in [-0.4, -0.2) is 4.92 Å². The molecule has 1 heterocycles. The molecule has 88 valence electrons. The van der Waals surface area contributed by atoms with Gasteiger partial charge in [0.2, 0.25) is 0 Å². The maximum absolute atomic E-state index is 10.4. The highest BCUT2D eigenvalue weighted by molar-refractivity contribution is 5.45. The van der Waals surface area contributed by atoms with E-state index in [1.165, 1.54) is 6.07 Å². The summed E-state index contributed by atoms with van der Waals surface area (Å²) in [5, 5.41) is 13.6. The van der Waals surface area contributed by atoms with Crippen LogP contribution < -0.4 is 5.32 Å². The summed E-state index contributed by atoms with van der Waals surface area (Å²) < 4.78 is 5.04. The van der Waals surface area contributed by atoms with Crippen LogP contribution in [0.25, 0.3) is 0 Å². The van der Waals surface area contributed by atoms with Crippen molar-refractivity contribution in [3.8, 4) is 0 Å². The average molecular weight is 232 g/mol. The number of aryl methyl sites for hydroxylation is 1. The van der Waals surface area contributed by atoms with Crippen molar-refractivity contribution in [1.82, 2.24) is 0 Å². The van der Waals surface area contributed by atoms with E-state index in [-0.39, 0.29) is 5.88 Å². The Morgan fingerprint density at radius 2 is 2.18 bits per heavy atom. The van der Waals surface area contributed by atoms with Crippen LogP contribution in [0.3, 0.4) is 0 Å². The molecule has 0 fully saturated rings. The van der Waals surface area contributed by atoms with Gasteiger partial charge in [-0.05, 0) is 30.7 Å². The van der Waals surface area contributed by atoms with Gasteiger partial charge in [0.1, 0.15) is 10.7 Å². The number of hydrogen-bond acceptors (Lipinski definition) is 4. The van der Waals surface area contributed by atoms with Gasteiger partial charge in [-0.2, -0.15) is 0 Å². The average Bonchev–Trinajstić information content (AvgIpc) is 2.75. The molecule has 1 aromatic heterocycles. The Morgan fingerprint density at radius 1 is 1.35 bits per heavy atom. The van der Waals surface area contributed by atoms with Gasteiger partial charge in [-0.15, -0.1) is 0 Å². The van der Waals surface area contributed by atoms with E-state index in [2.05, 4.69) is 5.32 Å². The van der Waals surface area contributed by atoms with Gasteiger partial charge in [0.25, 0.3) is 0 Å². The standard InChI is InChI=1S/C12H12N2O3/c1-9-3-2-4-10(7-9)13-8-11-5-6-12(17-11)14(15)16/h2-7,13H,8H2,1H3. The molecule has 5 nitrogen and oxygen atoms in total. The minimum Gasteiger partial charge on any atom is -0.404 e. The molecule has 0 radical (unpaired) electrons. The predicted octanol–water partition coefficient (Wildman–Crippen LogP) is 3.11. The van der Waals surface area contributed by atoms with Crippen molar-refractivity contribution >= 4 is 11.6 Å². The molecule has 1 N–H and O–H groups in total. The molecule has 0 unspecified atom stereocenters. The van der Waals surface area contributed by atoms with Crippen LogP contribution in [0.1, 0.15) is 11.3 Å². The van der Waals surface area contributed by atoms with E-state index in [1.54, 1.807) is 6.07 Å². The number of hydrogen-bond donors (Lipinski definition) is 1. The first kappa shape index (κ1) is 11.2. The van der Waals surface area contributed by atoms with Crippen LogP contribution in [-0.2, 0) is 6.54 Å². The van der Waals surface area contributed by atoms with E-state index < -0.39 is 4.92 Å². The lowest BCUT2D eigenvalue weighted by molar-refractivity contribution is -0.402. The number of nitrogens with zero attached hydrogens (tertiary/aromatic N) is 1. The lowest BCUT2D eigenvalue weighted by Gasteiger charge is -2.04. The molecule has 0 spiro atoms. The molecule has 0 saturated heterocycles. The molecule has 2 rings (SSSR count). The van der Waals surface area contributed by atoms with Crippen molar-refractivity contribution in [2.45, 2.75) is 13.5 Å². The van der Waals surface area contributed by atoms with Gasteiger partial charge < -0.3 is 9.73 Å². The van der Waals surface area contributed by atoms with Gasteiger partial charge in [-0.1, -0.05) is 12.1 Å². The van der Waals surface area contributed by atoms with Crippen LogP contribution in [0, 0.1) is 17.0 Å². The summed E-state index contributed by atoms with van der Waals surface area (Å²) in [5.41, 5.74) is 2.12. The molecular formula is C12H12N2O3. The number of nitrogens with one attached hydrogen (secondary N) is 1. The maximum Gasteiger partial charge on any atom is 0.433 e. The van der Waals surface area contributed by atoms with Gasteiger partial charge in [-0.25, -0.2) is 0 Å². The fraction of sp³-hybridized carbons (Fsp3) is 0.167. The molecule has 5 heteroatoms.